The summed E-state index contributed by atoms with van der Waals surface area (Å²) in [7, 11) is -2.40. The summed E-state index contributed by atoms with van der Waals surface area (Å²) in [6.07, 6.45) is 0. The van der Waals surface area contributed by atoms with Gasteiger partial charge in [0, 0.05) is 6.54 Å². The van der Waals surface area contributed by atoms with Gasteiger partial charge in [-0.3, -0.25) is 9.10 Å². The van der Waals surface area contributed by atoms with E-state index in [2.05, 4.69) is 5.32 Å². The molecule has 0 fully saturated rings. The quantitative estimate of drug-likeness (QED) is 0.545. The van der Waals surface area contributed by atoms with Crippen molar-refractivity contribution in [3.05, 3.63) is 78.9 Å². The Kier molecular flexibility index (Phi) is 7.15. The highest BCUT2D eigenvalue weighted by molar-refractivity contribution is 7.92. The van der Waals surface area contributed by atoms with Crippen LogP contribution in [0.1, 0.15) is 6.92 Å². The molecule has 3 aromatic carbocycles. The van der Waals surface area contributed by atoms with Crippen molar-refractivity contribution in [2.75, 3.05) is 29.9 Å². The van der Waals surface area contributed by atoms with Gasteiger partial charge in [0.15, 0.2) is 6.61 Å². The highest BCUT2D eigenvalue weighted by atomic mass is 32.2. The van der Waals surface area contributed by atoms with Crippen molar-refractivity contribution in [2.45, 2.75) is 11.8 Å². The molecule has 162 valence electrons. The van der Waals surface area contributed by atoms with E-state index in [0.29, 0.717) is 17.2 Å². The molecule has 0 saturated carbocycles. The molecule has 0 bridgehead atoms. The van der Waals surface area contributed by atoms with Gasteiger partial charge in [0.1, 0.15) is 11.5 Å². The zero-order chi connectivity index (χ0) is 22.3. The Balaban J connectivity index is 1.83. The van der Waals surface area contributed by atoms with Crippen molar-refractivity contribution in [1.29, 1.82) is 0 Å². The average molecular weight is 441 g/mol. The Morgan fingerprint density at radius 2 is 1.61 bits per heavy atom. The van der Waals surface area contributed by atoms with Crippen molar-refractivity contribution in [3.63, 3.8) is 0 Å². The van der Waals surface area contributed by atoms with Gasteiger partial charge in [0.05, 0.1) is 23.4 Å². The number of hydrogen-bond donors (Lipinski definition) is 1. The third kappa shape index (κ3) is 5.35. The molecule has 7 nitrogen and oxygen atoms in total. The van der Waals surface area contributed by atoms with Gasteiger partial charge < -0.3 is 14.8 Å². The van der Waals surface area contributed by atoms with Crippen LogP contribution in [0.5, 0.6) is 11.5 Å². The normalized spacial score (nSPS) is 10.9. The number of benzene rings is 3. The van der Waals surface area contributed by atoms with Crippen molar-refractivity contribution >= 4 is 27.3 Å². The molecule has 0 aromatic heterocycles. The zero-order valence-corrected chi connectivity index (χ0v) is 18.1. The van der Waals surface area contributed by atoms with Crippen LogP contribution in [-0.2, 0) is 14.8 Å². The van der Waals surface area contributed by atoms with Gasteiger partial charge in [-0.25, -0.2) is 8.42 Å². The standard InChI is InChI=1S/C23H24N2O5S/c1-3-25(18-10-6-4-7-11-18)31(27,28)20-14-15-22(29-2)21(16-20)24-23(26)17-30-19-12-8-5-9-13-19/h4-16H,3,17H2,1-2H3,(H,24,26). The predicted molar refractivity (Wildman–Crippen MR) is 120 cm³/mol. The number of nitrogens with zero attached hydrogens (tertiary/aromatic N) is 1. The van der Waals surface area contributed by atoms with Gasteiger partial charge in [0.25, 0.3) is 15.9 Å². The highest BCUT2D eigenvalue weighted by Crippen LogP contribution is 2.30. The van der Waals surface area contributed by atoms with Crippen molar-refractivity contribution in [1.82, 2.24) is 0 Å². The van der Waals surface area contributed by atoms with Gasteiger partial charge in [-0.2, -0.15) is 0 Å². The maximum atomic E-state index is 13.3. The fraction of sp³-hybridized carbons (Fsp3) is 0.174. The number of para-hydroxylation sites is 2. The number of ether oxygens (including phenoxy) is 2. The smallest absolute Gasteiger partial charge is 0.264 e. The van der Waals surface area contributed by atoms with Crippen molar-refractivity contribution < 1.29 is 22.7 Å². The number of carbonyl (C=O) groups is 1. The van der Waals surface area contributed by atoms with Crippen molar-refractivity contribution in [2.24, 2.45) is 0 Å². The van der Waals surface area contributed by atoms with E-state index in [1.807, 2.05) is 12.1 Å². The van der Waals surface area contributed by atoms with Gasteiger partial charge >= 0.3 is 0 Å². The Labute approximate surface area is 182 Å². The van der Waals surface area contributed by atoms with Crippen LogP contribution in [0.4, 0.5) is 11.4 Å². The molecule has 1 N–H and O–H groups in total. The van der Waals surface area contributed by atoms with Crippen LogP contribution in [0.3, 0.4) is 0 Å². The van der Waals surface area contributed by atoms with Crippen LogP contribution in [0.15, 0.2) is 83.8 Å². The number of rotatable bonds is 9. The minimum atomic E-state index is -3.85. The van der Waals surface area contributed by atoms with Gasteiger partial charge in [-0.1, -0.05) is 36.4 Å². The summed E-state index contributed by atoms with van der Waals surface area (Å²) >= 11 is 0. The first-order valence-corrected chi connectivity index (χ1v) is 11.1. The second kappa shape index (κ2) is 9.99. The van der Waals surface area contributed by atoms with Crippen molar-refractivity contribution in [3.8, 4) is 11.5 Å². The number of anilines is 2. The lowest BCUT2D eigenvalue weighted by atomic mass is 10.3. The molecule has 0 heterocycles. The summed E-state index contributed by atoms with van der Waals surface area (Å²) in [4.78, 5) is 12.4. The topological polar surface area (TPSA) is 84.9 Å². The molecule has 0 spiro atoms. The van der Waals surface area contributed by atoms with Crippen LogP contribution in [0, 0.1) is 0 Å². The van der Waals surface area contributed by atoms with E-state index < -0.39 is 15.9 Å². The largest absolute Gasteiger partial charge is 0.495 e. The average Bonchev–Trinajstić information content (AvgIpc) is 2.79. The number of nitrogens with one attached hydrogen (secondary N) is 1. The molecular weight excluding hydrogens is 416 g/mol. The molecular formula is C23H24N2O5S. The maximum Gasteiger partial charge on any atom is 0.264 e. The number of amides is 1. The van der Waals surface area contributed by atoms with E-state index in [0.717, 1.165) is 0 Å². The molecule has 0 aliphatic rings. The third-order valence-corrected chi connectivity index (χ3v) is 6.38. The Hall–Kier alpha value is -3.52. The molecule has 0 atom stereocenters. The fourth-order valence-electron chi connectivity index (χ4n) is 3.01. The van der Waals surface area contributed by atoms with Crippen LogP contribution in [-0.4, -0.2) is 34.6 Å². The molecule has 31 heavy (non-hydrogen) atoms. The minimum Gasteiger partial charge on any atom is -0.495 e. The number of carbonyl (C=O) groups excluding carboxylic acids is 1. The summed E-state index contributed by atoms with van der Waals surface area (Å²) in [6, 6.07) is 22.1. The first-order chi connectivity index (χ1) is 15.0. The van der Waals surface area contributed by atoms with Crippen LogP contribution < -0.4 is 19.1 Å². The number of methoxy groups -OCH3 is 1. The van der Waals surface area contributed by atoms with Gasteiger partial charge in [-0.05, 0) is 49.4 Å². The SMILES string of the molecule is CCN(c1ccccc1)S(=O)(=O)c1ccc(OC)c(NC(=O)COc2ccccc2)c1. The van der Waals surface area contributed by atoms with E-state index >= 15 is 0 Å². The predicted octanol–water partition coefficient (Wildman–Crippen LogP) is 3.93. The second-order valence-corrected chi connectivity index (χ2v) is 8.38. The molecule has 0 aliphatic heterocycles. The number of hydrogen-bond acceptors (Lipinski definition) is 5. The van der Waals surface area contributed by atoms with Crippen LogP contribution >= 0.6 is 0 Å². The molecule has 0 unspecified atom stereocenters. The summed E-state index contributed by atoms with van der Waals surface area (Å²) in [5, 5.41) is 2.67. The number of sulfonamides is 1. The fourth-order valence-corrected chi connectivity index (χ4v) is 4.51. The third-order valence-electron chi connectivity index (χ3n) is 4.48. The first kappa shape index (κ1) is 22.2. The van der Waals surface area contributed by atoms with E-state index in [1.165, 1.54) is 29.6 Å². The molecule has 0 saturated heterocycles. The molecule has 8 heteroatoms. The zero-order valence-electron chi connectivity index (χ0n) is 17.3. The molecule has 3 aromatic rings. The highest BCUT2D eigenvalue weighted by Gasteiger charge is 2.25. The lowest BCUT2D eigenvalue weighted by Crippen LogP contribution is -2.30. The minimum absolute atomic E-state index is 0.0401. The van der Waals surface area contributed by atoms with Gasteiger partial charge in [-0.15, -0.1) is 0 Å². The molecule has 0 aliphatic carbocycles. The van der Waals surface area contributed by atoms with Crippen LogP contribution in [0.25, 0.3) is 0 Å². The van der Waals surface area contributed by atoms with Gasteiger partial charge in [0.2, 0.25) is 0 Å². The maximum absolute atomic E-state index is 13.3. The van der Waals surface area contributed by atoms with E-state index in [9.17, 15) is 13.2 Å². The van der Waals surface area contributed by atoms with Crippen LogP contribution in [0.2, 0.25) is 0 Å². The Morgan fingerprint density at radius 1 is 0.968 bits per heavy atom. The van der Waals surface area contributed by atoms with E-state index in [1.54, 1.807) is 55.5 Å². The Bertz CT molecular complexity index is 1120. The summed E-state index contributed by atoms with van der Waals surface area (Å²) in [6.45, 7) is 1.79. The molecule has 3 rings (SSSR count). The summed E-state index contributed by atoms with van der Waals surface area (Å²) < 4.78 is 38.6. The lowest BCUT2D eigenvalue weighted by molar-refractivity contribution is -0.118. The van der Waals surface area contributed by atoms with E-state index in [4.69, 9.17) is 9.47 Å². The molecule has 0 radical (unpaired) electrons. The Morgan fingerprint density at radius 3 is 2.23 bits per heavy atom. The first-order valence-electron chi connectivity index (χ1n) is 9.69. The van der Waals surface area contributed by atoms with E-state index in [-0.39, 0.29) is 23.7 Å². The summed E-state index contributed by atoms with van der Waals surface area (Å²) in [5.41, 5.74) is 0.803. The molecule has 1 amide bonds. The second-order valence-electron chi connectivity index (χ2n) is 6.52. The lowest BCUT2D eigenvalue weighted by Gasteiger charge is -2.23. The monoisotopic (exact) mass is 440 g/mol. The summed E-state index contributed by atoms with van der Waals surface area (Å²) in [5.74, 6) is 0.462.